The van der Waals surface area contributed by atoms with Crippen LogP contribution in [0.15, 0.2) is 6.20 Å². The molecule has 11 heavy (non-hydrogen) atoms. The summed E-state index contributed by atoms with van der Waals surface area (Å²) in [4.78, 5) is 17.4. The topological polar surface area (TPSA) is 55.0 Å². The summed E-state index contributed by atoms with van der Waals surface area (Å²) in [6, 6.07) is 0. The number of carbonyl (C=O) groups excluding carboxylic acids is 1. The summed E-state index contributed by atoms with van der Waals surface area (Å²) in [5, 5.41) is 0. The van der Waals surface area contributed by atoms with E-state index in [1.54, 1.807) is 13.3 Å². The van der Waals surface area contributed by atoms with Gasteiger partial charge in [0, 0.05) is 14.0 Å². The lowest BCUT2D eigenvalue weighted by atomic mass is 10.4. The fourth-order valence-electron chi connectivity index (χ4n) is 0.767. The molecule has 0 amide bonds. The van der Waals surface area contributed by atoms with Crippen LogP contribution in [0.5, 0.6) is 0 Å². The van der Waals surface area contributed by atoms with Gasteiger partial charge in [-0.25, -0.2) is 4.98 Å². The van der Waals surface area contributed by atoms with Gasteiger partial charge in [-0.05, 0) is 0 Å². The fourth-order valence-corrected chi connectivity index (χ4v) is 0.767. The van der Waals surface area contributed by atoms with Gasteiger partial charge >= 0.3 is 0 Å². The van der Waals surface area contributed by atoms with E-state index in [0.29, 0.717) is 12.4 Å². The SMILES string of the molecule is COCc1cnc(C(C)=O)[nH]1. The summed E-state index contributed by atoms with van der Waals surface area (Å²) < 4.78 is 4.84. The molecule has 0 aromatic carbocycles. The molecule has 1 heterocycles. The van der Waals surface area contributed by atoms with E-state index in [9.17, 15) is 4.79 Å². The Labute approximate surface area is 64.6 Å². The zero-order valence-corrected chi connectivity index (χ0v) is 6.55. The van der Waals surface area contributed by atoms with Crippen LogP contribution in [0.4, 0.5) is 0 Å². The van der Waals surface area contributed by atoms with Crippen molar-refractivity contribution in [3.8, 4) is 0 Å². The Hall–Kier alpha value is -1.16. The number of ether oxygens (including phenoxy) is 1. The molecule has 0 aliphatic heterocycles. The van der Waals surface area contributed by atoms with Crippen LogP contribution in [0.2, 0.25) is 0 Å². The number of H-pyrrole nitrogens is 1. The fraction of sp³-hybridized carbons (Fsp3) is 0.429. The zero-order valence-electron chi connectivity index (χ0n) is 6.55. The van der Waals surface area contributed by atoms with Crippen LogP contribution >= 0.6 is 0 Å². The highest BCUT2D eigenvalue weighted by molar-refractivity contribution is 5.90. The maximum Gasteiger partial charge on any atom is 0.194 e. The number of hydrogen-bond acceptors (Lipinski definition) is 3. The predicted octanol–water partition coefficient (Wildman–Crippen LogP) is 0.759. The van der Waals surface area contributed by atoms with Crippen LogP contribution in [0, 0.1) is 0 Å². The molecule has 0 aliphatic rings. The Kier molecular flexibility index (Phi) is 2.38. The van der Waals surface area contributed by atoms with Crippen molar-refractivity contribution in [3.05, 3.63) is 17.7 Å². The van der Waals surface area contributed by atoms with E-state index in [1.807, 2.05) is 0 Å². The Morgan fingerprint density at radius 2 is 2.55 bits per heavy atom. The van der Waals surface area contributed by atoms with Gasteiger partial charge in [0.15, 0.2) is 11.6 Å². The maximum absolute atomic E-state index is 10.7. The summed E-state index contributed by atoms with van der Waals surface area (Å²) >= 11 is 0. The van der Waals surface area contributed by atoms with Crippen molar-refractivity contribution in [1.82, 2.24) is 9.97 Å². The number of nitrogens with zero attached hydrogens (tertiary/aromatic N) is 1. The molecule has 0 aliphatic carbocycles. The molecule has 0 saturated carbocycles. The Bertz CT molecular complexity index is 255. The molecule has 1 N–H and O–H groups in total. The van der Waals surface area contributed by atoms with Crippen molar-refractivity contribution in [2.75, 3.05) is 7.11 Å². The van der Waals surface area contributed by atoms with Gasteiger partial charge in [-0.2, -0.15) is 0 Å². The second-order valence-electron chi connectivity index (χ2n) is 2.25. The van der Waals surface area contributed by atoms with E-state index >= 15 is 0 Å². The number of ketones is 1. The van der Waals surface area contributed by atoms with Crippen LogP contribution < -0.4 is 0 Å². The van der Waals surface area contributed by atoms with E-state index in [2.05, 4.69) is 9.97 Å². The lowest BCUT2D eigenvalue weighted by molar-refractivity contribution is 0.100. The largest absolute Gasteiger partial charge is 0.378 e. The van der Waals surface area contributed by atoms with Gasteiger partial charge in [-0.15, -0.1) is 0 Å². The first-order valence-corrected chi connectivity index (χ1v) is 3.28. The minimum atomic E-state index is -0.0626. The molecule has 1 aromatic rings. The second-order valence-corrected chi connectivity index (χ2v) is 2.25. The number of Topliss-reactive ketones (excluding diaryl/α,β-unsaturated/α-hetero) is 1. The van der Waals surface area contributed by atoms with Crippen molar-refractivity contribution >= 4 is 5.78 Å². The van der Waals surface area contributed by atoms with Gasteiger partial charge in [0.05, 0.1) is 18.5 Å². The third-order valence-corrected chi connectivity index (χ3v) is 1.26. The standard InChI is InChI=1S/C7H10N2O2/c1-5(10)7-8-3-6(9-7)4-11-2/h3H,4H2,1-2H3,(H,8,9). The molecular weight excluding hydrogens is 144 g/mol. The number of imidazole rings is 1. The van der Waals surface area contributed by atoms with Gasteiger partial charge in [0.1, 0.15) is 0 Å². The maximum atomic E-state index is 10.7. The van der Waals surface area contributed by atoms with Gasteiger partial charge in [0.2, 0.25) is 0 Å². The highest BCUT2D eigenvalue weighted by Crippen LogP contribution is 1.98. The molecule has 1 aromatic heterocycles. The van der Waals surface area contributed by atoms with Crippen LogP contribution in [0.25, 0.3) is 0 Å². The summed E-state index contributed by atoms with van der Waals surface area (Å²) in [5.74, 6) is 0.324. The first-order chi connectivity index (χ1) is 5.24. The molecule has 0 spiro atoms. The van der Waals surface area contributed by atoms with Gasteiger partial charge in [-0.3, -0.25) is 4.79 Å². The minimum absolute atomic E-state index is 0.0626. The van der Waals surface area contributed by atoms with E-state index in [4.69, 9.17) is 4.74 Å². The molecule has 0 bridgehead atoms. The lowest BCUT2D eigenvalue weighted by Crippen LogP contribution is -1.95. The molecule has 0 fully saturated rings. The first-order valence-electron chi connectivity index (χ1n) is 3.28. The van der Waals surface area contributed by atoms with Crippen molar-refractivity contribution in [3.63, 3.8) is 0 Å². The molecule has 0 atom stereocenters. The van der Waals surface area contributed by atoms with E-state index in [-0.39, 0.29) is 5.78 Å². The van der Waals surface area contributed by atoms with E-state index in [0.717, 1.165) is 5.69 Å². The number of aromatic amines is 1. The highest BCUT2D eigenvalue weighted by Gasteiger charge is 2.03. The van der Waals surface area contributed by atoms with Crippen molar-refractivity contribution < 1.29 is 9.53 Å². The Morgan fingerprint density at radius 3 is 3.00 bits per heavy atom. The van der Waals surface area contributed by atoms with Crippen LogP contribution in [0.3, 0.4) is 0 Å². The van der Waals surface area contributed by atoms with Gasteiger partial charge in [0.25, 0.3) is 0 Å². The smallest absolute Gasteiger partial charge is 0.194 e. The van der Waals surface area contributed by atoms with Crippen LogP contribution in [0.1, 0.15) is 23.2 Å². The predicted molar refractivity (Wildman–Crippen MR) is 39.3 cm³/mol. The Morgan fingerprint density at radius 1 is 1.82 bits per heavy atom. The third-order valence-electron chi connectivity index (χ3n) is 1.26. The van der Waals surface area contributed by atoms with E-state index < -0.39 is 0 Å². The average Bonchev–Trinajstić information content (AvgIpc) is 2.37. The number of rotatable bonds is 3. The van der Waals surface area contributed by atoms with Crippen LogP contribution in [-0.2, 0) is 11.3 Å². The summed E-state index contributed by atoms with van der Waals surface area (Å²) in [6.07, 6.45) is 1.60. The average molecular weight is 154 g/mol. The van der Waals surface area contributed by atoms with Gasteiger partial charge < -0.3 is 9.72 Å². The summed E-state index contributed by atoms with van der Waals surface area (Å²) in [7, 11) is 1.59. The number of aromatic nitrogens is 2. The summed E-state index contributed by atoms with van der Waals surface area (Å²) in [5.41, 5.74) is 0.817. The number of methoxy groups -OCH3 is 1. The Balaban J connectivity index is 2.73. The molecule has 0 radical (unpaired) electrons. The quantitative estimate of drug-likeness (QED) is 0.654. The molecular formula is C7H10N2O2. The molecule has 0 unspecified atom stereocenters. The number of hydrogen-bond donors (Lipinski definition) is 1. The molecule has 1 rings (SSSR count). The van der Waals surface area contributed by atoms with Crippen molar-refractivity contribution in [2.45, 2.75) is 13.5 Å². The zero-order chi connectivity index (χ0) is 8.27. The molecule has 4 heteroatoms. The third kappa shape index (κ3) is 1.88. The van der Waals surface area contributed by atoms with Crippen molar-refractivity contribution in [1.29, 1.82) is 0 Å². The minimum Gasteiger partial charge on any atom is -0.378 e. The van der Waals surface area contributed by atoms with Crippen molar-refractivity contribution in [2.24, 2.45) is 0 Å². The normalized spacial score (nSPS) is 10.0. The lowest BCUT2D eigenvalue weighted by Gasteiger charge is -1.91. The molecule has 0 saturated heterocycles. The monoisotopic (exact) mass is 154 g/mol. The van der Waals surface area contributed by atoms with E-state index in [1.165, 1.54) is 6.92 Å². The molecule has 60 valence electrons. The highest BCUT2D eigenvalue weighted by atomic mass is 16.5. The summed E-state index contributed by atoms with van der Waals surface area (Å²) in [6.45, 7) is 1.93. The molecule has 4 nitrogen and oxygen atoms in total. The second kappa shape index (κ2) is 3.30. The van der Waals surface area contributed by atoms with Gasteiger partial charge in [-0.1, -0.05) is 0 Å². The van der Waals surface area contributed by atoms with Crippen LogP contribution in [-0.4, -0.2) is 22.9 Å². The number of carbonyl (C=O) groups is 1. The first kappa shape index (κ1) is 7.94. The number of nitrogens with one attached hydrogen (secondary N) is 1.